The summed E-state index contributed by atoms with van der Waals surface area (Å²) >= 11 is 1.58. The van der Waals surface area contributed by atoms with Gasteiger partial charge in [0.05, 0.1) is 16.5 Å². The van der Waals surface area contributed by atoms with Crippen LogP contribution in [0.25, 0.3) is 0 Å². The average molecular weight is 219 g/mol. The van der Waals surface area contributed by atoms with E-state index in [0.29, 0.717) is 0 Å². The van der Waals surface area contributed by atoms with E-state index in [2.05, 4.69) is 24.0 Å². The van der Waals surface area contributed by atoms with Crippen molar-refractivity contribution >= 4 is 11.3 Å². The van der Waals surface area contributed by atoms with E-state index in [0.717, 1.165) is 16.3 Å². The molecular weight excluding hydrogens is 206 g/mol. The third kappa shape index (κ3) is 2.43. The fourth-order valence-electron chi connectivity index (χ4n) is 1.47. The van der Waals surface area contributed by atoms with E-state index in [1.807, 2.05) is 12.1 Å². The molecule has 0 saturated carbocycles. The molecular formula is C12H13NOS. The molecule has 1 aromatic carbocycles. The number of nitrogens with zero attached hydrogens (tertiary/aromatic N) is 1. The molecule has 2 aromatic rings. The van der Waals surface area contributed by atoms with Crippen molar-refractivity contribution in [2.24, 2.45) is 0 Å². The van der Waals surface area contributed by atoms with E-state index >= 15 is 0 Å². The quantitative estimate of drug-likeness (QED) is 0.860. The van der Waals surface area contributed by atoms with Gasteiger partial charge < -0.3 is 5.11 Å². The van der Waals surface area contributed by atoms with Crippen LogP contribution >= 0.6 is 11.3 Å². The Labute approximate surface area is 93.2 Å². The first kappa shape index (κ1) is 10.3. The molecule has 15 heavy (non-hydrogen) atoms. The zero-order valence-corrected chi connectivity index (χ0v) is 9.42. The first-order chi connectivity index (χ1) is 7.29. The number of aliphatic hydroxyl groups excluding tert-OH is 1. The van der Waals surface area contributed by atoms with Crippen molar-refractivity contribution in [3.63, 3.8) is 0 Å². The van der Waals surface area contributed by atoms with Gasteiger partial charge in [0, 0.05) is 12.6 Å². The molecule has 3 heteroatoms. The lowest BCUT2D eigenvalue weighted by Crippen LogP contribution is -1.89. The summed E-state index contributed by atoms with van der Waals surface area (Å²) in [6.45, 7) is 2.20. The van der Waals surface area contributed by atoms with Gasteiger partial charge in [-0.05, 0) is 18.1 Å². The molecule has 0 unspecified atom stereocenters. The maximum absolute atomic E-state index is 8.94. The molecule has 0 saturated heterocycles. The van der Waals surface area contributed by atoms with Gasteiger partial charge in [0.15, 0.2) is 0 Å². The minimum Gasteiger partial charge on any atom is -0.391 e. The number of aryl methyl sites for hydroxylation is 1. The maximum Gasteiger partial charge on any atom is 0.0972 e. The largest absolute Gasteiger partial charge is 0.391 e. The Balaban J connectivity index is 2.18. The van der Waals surface area contributed by atoms with Gasteiger partial charge in [0.2, 0.25) is 0 Å². The molecule has 2 nitrogen and oxygen atoms in total. The molecule has 1 N–H and O–H groups in total. The summed E-state index contributed by atoms with van der Waals surface area (Å²) in [5, 5.41) is 10.0. The Morgan fingerprint density at radius 2 is 2.13 bits per heavy atom. The third-order valence-corrected chi connectivity index (χ3v) is 3.34. The number of thiazole rings is 1. The van der Waals surface area contributed by atoms with Gasteiger partial charge in [-0.3, -0.25) is 0 Å². The molecule has 0 aliphatic rings. The zero-order chi connectivity index (χ0) is 10.7. The molecule has 0 aliphatic carbocycles. The highest BCUT2D eigenvalue weighted by Gasteiger charge is 2.03. The van der Waals surface area contributed by atoms with Gasteiger partial charge in [-0.25, -0.2) is 4.98 Å². The minimum atomic E-state index is 0.0887. The molecule has 0 amide bonds. The number of benzene rings is 1. The number of aliphatic hydroxyl groups is 1. The van der Waals surface area contributed by atoms with E-state index in [4.69, 9.17) is 5.11 Å². The van der Waals surface area contributed by atoms with Gasteiger partial charge in [0.1, 0.15) is 0 Å². The smallest absolute Gasteiger partial charge is 0.0972 e. The number of aromatic nitrogens is 1. The zero-order valence-electron chi connectivity index (χ0n) is 8.60. The van der Waals surface area contributed by atoms with Gasteiger partial charge in [0.25, 0.3) is 0 Å². The molecule has 1 aromatic heterocycles. The summed E-state index contributed by atoms with van der Waals surface area (Å²) < 4.78 is 0. The van der Waals surface area contributed by atoms with Crippen molar-refractivity contribution in [3.8, 4) is 0 Å². The molecule has 0 fully saturated rings. The van der Waals surface area contributed by atoms with Crippen LogP contribution in [-0.2, 0) is 13.0 Å². The molecule has 0 spiro atoms. The predicted molar refractivity (Wildman–Crippen MR) is 62.0 cm³/mol. The Morgan fingerprint density at radius 3 is 2.80 bits per heavy atom. The molecule has 0 aliphatic heterocycles. The van der Waals surface area contributed by atoms with Crippen molar-refractivity contribution in [1.82, 2.24) is 4.98 Å². The lowest BCUT2D eigenvalue weighted by molar-refractivity contribution is 0.285. The summed E-state index contributed by atoms with van der Waals surface area (Å²) in [5.41, 5.74) is 2.59. The molecule has 0 atom stereocenters. The van der Waals surface area contributed by atoms with Crippen LogP contribution in [0.3, 0.4) is 0 Å². The molecule has 78 valence electrons. The number of hydrogen-bond donors (Lipinski definition) is 1. The standard InChI is InChI=1S/C12H13NOS/c1-9-4-2-3-5-10(9)6-12-13-7-11(8-14)15-12/h2-5,7,14H,6,8H2,1H3. The fraction of sp³-hybridized carbons (Fsp3) is 0.250. The Bertz CT molecular complexity index is 450. The van der Waals surface area contributed by atoms with Crippen molar-refractivity contribution < 1.29 is 5.11 Å². The summed E-state index contributed by atoms with van der Waals surface area (Å²) in [5.74, 6) is 0. The highest BCUT2D eigenvalue weighted by molar-refractivity contribution is 7.11. The van der Waals surface area contributed by atoms with Crippen molar-refractivity contribution in [2.75, 3.05) is 0 Å². The van der Waals surface area contributed by atoms with Gasteiger partial charge >= 0.3 is 0 Å². The number of rotatable bonds is 3. The van der Waals surface area contributed by atoms with E-state index in [-0.39, 0.29) is 6.61 Å². The summed E-state index contributed by atoms with van der Waals surface area (Å²) in [6, 6.07) is 8.31. The topological polar surface area (TPSA) is 33.1 Å². The number of hydrogen-bond acceptors (Lipinski definition) is 3. The van der Waals surface area contributed by atoms with Gasteiger partial charge in [-0.2, -0.15) is 0 Å². The third-order valence-electron chi connectivity index (χ3n) is 2.36. The van der Waals surface area contributed by atoms with Crippen LogP contribution in [0.2, 0.25) is 0 Å². The van der Waals surface area contributed by atoms with Crippen LogP contribution in [0.4, 0.5) is 0 Å². The molecule has 2 rings (SSSR count). The second-order valence-corrected chi connectivity index (χ2v) is 4.68. The lowest BCUT2D eigenvalue weighted by Gasteiger charge is -2.01. The van der Waals surface area contributed by atoms with Crippen LogP contribution in [0.5, 0.6) is 0 Å². The second kappa shape index (κ2) is 4.55. The first-order valence-corrected chi connectivity index (χ1v) is 5.70. The van der Waals surface area contributed by atoms with Crippen LogP contribution in [0.1, 0.15) is 21.0 Å². The highest BCUT2D eigenvalue weighted by atomic mass is 32.1. The van der Waals surface area contributed by atoms with Crippen LogP contribution in [0, 0.1) is 6.92 Å². The van der Waals surface area contributed by atoms with Gasteiger partial charge in [-0.1, -0.05) is 24.3 Å². The minimum absolute atomic E-state index is 0.0887. The Kier molecular flexibility index (Phi) is 3.14. The van der Waals surface area contributed by atoms with Crippen LogP contribution < -0.4 is 0 Å². The monoisotopic (exact) mass is 219 g/mol. The molecule has 0 radical (unpaired) electrons. The maximum atomic E-state index is 8.94. The van der Waals surface area contributed by atoms with E-state index < -0.39 is 0 Å². The Hall–Kier alpha value is -1.19. The van der Waals surface area contributed by atoms with E-state index in [1.165, 1.54) is 11.1 Å². The first-order valence-electron chi connectivity index (χ1n) is 4.88. The molecule has 0 bridgehead atoms. The van der Waals surface area contributed by atoms with E-state index in [1.54, 1.807) is 17.5 Å². The van der Waals surface area contributed by atoms with Crippen LogP contribution in [0.15, 0.2) is 30.5 Å². The highest BCUT2D eigenvalue weighted by Crippen LogP contribution is 2.18. The summed E-state index contributed by atoms with van der Waals surface area (Å²) in [4.78, 5) is 5.21. The summed E-state index contributed by atoms with van der Waals surface area (Å²) in [6.07, 6.45) is 2.61. The fourth-order valence-corrected chi connectivity index (χ4v) is 2.28. The SMILES string of the molecule is Cc1ccccc1Cc1ncc(CO)s1. The molecule has 1 heterocycles. The van der Waals surface area contributed by atoms with Crippen molar-refractivity contribution in [3.05, 3.63) is 51.5 Å². The Morgan fingerprint density at radius 1 is 1.33 bits per heavy atom. The van der Waals surface area contributed by atoms with E-state index in [9.17, 15) is 0 Å². The lowest BCUT2D eigenvalue weighted by atomic mass is 10.1. The predicted octanol–water partition coefficient (Wildman–Crippen LogP) is 2.53. The summed E-state index contributed by atoms with van der Waals surface area (Å²) in [7, 11) is 0. The van der Waals surface area contributed by atoms with Crippen molar-refractivity contribution in [2.45, 2.75) is 20.0 Å². The normalized spacial score (nSPS) is 10.5. The van der Waals surface area contributed by atoms with Crippen molar-refractivity contribution in [1.29, 1.82) is 0 Å². The average Bonchev–Trinajstić information content (AvgIpc) is 2.69. The van der Waals surface area contributed by atoms with Crippen LogP contribution in [-0.4, -0.2) is 10.1 Å². The van der Waals surface area contributed by atoms with Gasteiger partial charge in [-0.15, -0.1) is 11.3 Å². The second-order valence-electron chi connectivity index (χ2n) is 3.48.